The number of hydrogen-bond acceptors (Lipinski definition) is 4. The predicted molar refractivity (Wildman–Crippen MR) is 111 cm³/mol. The number of halogens is 1. The summed E-state index contributed by atoms with van der Waals surface area (Å²) in [5.74, 6) is 0.0248. The summed E-state index contributed by atoms with van der Waals surface area (Å²) in [4.78, 5) is 10.7. The molecule has 1 unspecified atom stereocenters. The molecule has 2 aromatic carbocycles. The SMILES string of the molecule is COc1ccccc1[C@H]1OC(c2ccccc2Cl)OC[C@H]1C/C=C\CCC(=O)O. The number of methoxy groups -OCH3 is 1. The fourth-order valence-corrected chi connectivity index (χ4v) is 3.65. The molecule has 2 aromatic rings. The van der Waals surface area contributed by atoms with Gasteiger partial charge in [0.05, 0.1) is 19.8 Å². The highest BCUT2D eigenvalue weighted by molar-refractivity contribution is 6.31. The number of hydrogen-bond donors (Lipinski definition) is 1. The second-order valence-corrected chi connectivity index (χ2v) is 7.29. The van der Waals surface area contributed by atoms with Gasteiger partial charge in [0.1, 0.15) is 5.75 Å². The quantitative estimate of drug-likeness (QED) is 0.570. The number of rotatable bonds is 8. The molecule has 29 heavy (non-hydrogen) atoms. The van der Waals surface area contributed by atoms with Crippen molar-refractivity contribution in [3.63, 3.8) is 0 Å². The van der Waals surface area contributed by atoms with E-state index in [1.54, 1.807) is 7.11 Å². The van der Waals surface area contributed by atoms with Gasteiger partial charge in [-0.05, 0) is 25.0 Å². The lowest BCUT2D eigenvalue weighted by Crippen LogP contribution is -2.30. The first kappa shape index (κ1) is 21.4. The third-order valence-electron chi connectivity index (χ3n) is 4.90. The molecule has 1 aliphatic heterocycles. The van der Waals surface area contributed by atoms with Gasteiger partial charge in [-0.1, -0.05) is 60.2 Å². The first-order chi connectivity index (χ1) is 14.1. The fraction of sp³-hybridized carbons (Fsp3) is 0.348. The number of carboxylic acids is 1. The van der Waals surface area contributed by atoms with Crippen molar-refractivity contribution in [2.75, 3.05) is 13.7 Å². The lowest BCUT2D eigenvalue weighted by molar-refractivity contribution is -0.244. The van der Waals surface area contributed by atoms with Crippen molar-refractivity contribution in [1.82, 2.24) is 0 Å². The lowest BCUT2D eigenvalue weighted by Gasteiger charge is -2.37. The van der Waals surface area contributed by atoms with Crippen LogP contribution in [0, 0.1) is 5.92 Å². The molecule has 1 N–H and O–H groups in total. The molecule has 0 radical (unpaired) electrons. The molecule has 1 saturated heterocycles. The van der Waals surface area contributed by atoms with Crippen LogP contribution in [0.15, 0.2) is 60.7 Å². The zero-order valence-corrected chi connectivity index (χ0v) is 17.0. The van der Waals surface area contributed by atoms with Crippen molar-refractivity contribution in [2.24, 2.45) is 5.92 Å². The molecule has 0 amide bonds. The molecule has 0 saturated carbocycles. The highest BCUT2D eigenvalue weighted by Gasteiger charge is 2.35. The maximum atomic E-state index is 10.7. The molecule has 0 spiro atoms. The summed E-state index contributed by atoms with van der Waals surface area (Å²) in [7, 11) is 1.64. The second kappa shape index (κ2) is 10.4. The Morgan fingerprint density at radius 1 is 1.17 bits per heavy atom. The average Bonchev–Trinajstić information content (AvgIpc) is 2.74. The van der Waals surface area contributed by atoms with E-state index in [4.69, 9.17) is 30.9 Å². The van der Waals surface area contributed by atoms with Crippen LogP contribution in [0.1, 0.15) is 42.8 Å². The Labute approximate surface area is 175 Å². The topological polar surface area (TPSA) is 65.0 Å². The number of aliphatic carboxylic acids is 1. The van der Waals surface area contributed by atoms with Crippen LogP contribution in [0.3, 0.4) is 0 Å². The van der Waals surface area contributed by atoms with E-state index in [-0.39, 0.29) is 18.4 Å². The van der Waals surface area contributed by atoms with E-state index in [9.17, 15) is 4.79 Å². The molecule has 0 aliphatic carbocycles. The Hall–Kier alpha value is -2.34. The Morgan fingerprint density at radius 2 is 1.90 bits per heavy atom. The zero-order valence-electron chi connectivity index (χ0n) is 16.3. The molecular formula is C23H25ClO5. The summed E-state index contributed by atoms with van der Waals surface area (Å²) in [6, 6.07) is 15.3. The largest absolute Gasteiger partial charge is 0.496 e. The number of allylic oxidation sites excluding steroid dienone is 2. The van der Waals surface area contributed by atoms with E-state index in [2.05, 4.69) is 0 Å². The van der Waals surface area contributed by atoms with Crippen LogP contribution >= 0.6 is 11.6 Å². The molecular weight excluding hydrogens is 392 g/mol. The minimum Gasteiger partial charge on any atom is -0.496 e. The Kier molecular flexibility index (Phi) is 7.69. The van der Waals surface area contributed by atoms with Crippen molar-refractivity contribution < 1.29 is 24.1 Å². The number of carbonyl (C=O) groups is 1. The van der Waals surface area contributed by atoms with Gasteiger partial charge in [0.2, 0.25) is 0 Å². The molecule has 3 atom stereocenters. The van der Waals surface area contributed by atoms with Gasteiger partial charge in [-0.3, -0.25) is 4.79 Å². The Morgan fingerprint density at radius 3 is 2.62 bits per heavy atom. The van der Waals surface area contributed by atoms with Crippen LogP contribution in [0.4, 0.5) is 0 Å². The highest BCUT2D eigenvalue weighted by Crippen LogP contribution is 2.43. The van der Waals surface area contributed by atoms with Gasteiger partial charge in [-0.25, -0.2) is 0 Å². The number of para-hydroxylation sites is 1. The maximum absolute atomic E-state index is 10.7. The smallest absolute Gasteiger partial charge is 0.303 e. The number of carboxylic acid groups (broad SMARTS) is 1. The summed E-state index contributed by atoms with van der Waals surface area (Å²) >= 11 is 6.35. The molecule has 6 heteroatoms. The Bertz CT molecular complexity index is 851. The summed E-state index contributed by atoms with van der Waals surface area (Å²) in [6.07, 6.45) is 4.42. The fourth-order valence-electron chi connectivity index (χ4n) is 3.43. The maximum Gasteiger partial charge on any atom is 0.303 e. The van der Waals surface area contributed by atoms with Gasteiger partial charge < -0.3 is 19.3 Å². The van der Waals surface area contributed by atoms with E-state index in [1.807, 2.05) is 60.7 Å². The third-order valence-corrected chi connectivity index (χ3v) is 5.24. The minimum absolute atomic E-state index is 0.0612. The van der Waals surface area contributed by atoms with Gasteiger partial charge in [0.15, 0.2) is 6.29 Å². The standard InChI is InChI=1S/C23H25ClO5/c1-27-20-13-8-6-11-18(20)22-16(9-3-2-4-14-21(25)26)15-28-23(29-22)17-10-5-7-12-19(17)24/h2-3,5-8,10-13,16,22-23H,4,9,14-15H2,1H3,(H,25,26)/b3-2-/t16-,22+,23?/m1/s1. The monoisotopic (exact) mass is 416 g/mol. The van der Waals surface area contributed by atoms with Gasteiger partial charge in [-0.2, -0.15) is 0 Å². The summed E-state index contributed by atoms with van der Waals surface area (Å²) in [5.41, 5.74) is 1.75. The highest BCUT2D eigenvalue weighted by atomic mass is 35.5. The number of benzene rings is 2. The lowest BCUT2D eigenvalue weighted by atomic mass is 9.91. The molecule has 5 nitrogen and oxygen atoms in total. The van der Waals surface area contributed by atoms with Crippen molar-refractivity contribution >= 4 is 17.6 Å². The summed E-state index contributed by atoms with van der Waals surface area (Å²) in [6.45, 7) is 0.488. The first-order valence-corrected chi connectivity index (χ1v) is 9.99. The van der Waals surface area contributed by atoms with Crippen molar-refractivity contribution in [2.45, 2.75) is 31.7 Å². The van der Waals surface area contributed by atoms with Gasteiger partial charge in [0.25, 0.3) is 0 Å². The van der Waals surface area contributed by atoms with E-state index in [1.165, 1.54) is 0 Å². The second-order valence-electron chi connectivity index (χ2n) is 6.89. The molecule has 1 fully saturated rings. The Balaban J connectivity index is 1.81. The average molecular weight is 417 g/mol. The minimum atomic E-state index is -0.798. The van der Waals surface area contributed by atoms with Crippen LogP contribution in [-0.4, -0.2) is 24.8 Å². The van der Waals surface area contributed by atoms with Gasteiger partial charge in [0, 0.05) is 28.5 Å². The van der Waals surface area contributed by atoms with Crippen LogP contribution in [0.5, 0.6) is 5.75 Å². The van der Waals surface area contributed by atoms with E-state index in [0.29, 0.717) is 24.5 Å². The van der Waals surface area contributed by atoms with Crippen LogP contribution in [0.2, 0.25) is 5.02 Å². The van der Waals surface area contributed by atoms with Crippen molar-refractivity contribution in [3.05, 3.63) is 76.8 Å². The molecule has 0 bridgehead atoms. The van der Waals surface area contributed by atoms with Crippen molar-refractivity contribution in [1.29, 1.82) is 0 Å². The van der Waals surface area contributed by atoms with Gasteiger partial charge in [-0.15, -0.1) is 0 Å². The predicted octanol–water partition coefficient (Wildman–Crippen LogP) is 5.56. The van der Waals surface area contributed by atoms with Crippen molar-refractivity contribution in [3.8, 4) is 5.75 Å². The molecule has 3 rings (SSSR count). The first-order valence-electron chi connectivity index (χ1n) is 9.61. The third kappa shape index (κ3) is 5.60. The zero-order chi connectivity index (χ0) is 20.6. The number of ether oxygens (including phenoxy) is 3. The summed E-state index contributed by atoms with van der Waals surface area (Å²) < 4.78 is 17.9. The van der Waals surface area contributed by atoms with E-state index in [0.717, 1.165) is 16.9 Å². The molecule has 1 aliphatic rings. The molecule has 154 valence electrons. The normalized spacial score (nSPS) is 21.9. The van der Waals surface area contributed by atoms with Gasteiger partial charge >= 0.3 is 5.97 Å². The van der Waals surface area contributed by atoms with Crippen LogP contribution < -0.4 is 4.74 Å². The van der Waals surface area contributed by atoms with Crippen LogP contribution in [-0.2, 0) is 14.3 Å². The summed E-state index contributed by atoms with van der Waals surface area (Å²) in [5, 5.41) is 9.37. The van der Waals surface area contributed by atoms with E-state index >= 15 is 0 Å². The molecule has 0 aromatic heterocycles. The van der Waals surface area contributed by atoms with E-state index < -0.39 is 12.3 Å². The molecule has 1 heterocycles. The van der Waals surface area contributed by atoms with Crippen LogP contribution in [0.25, 0.3) is 0 Å².